The molecule has 2 aliphatic rings. The van der Waals surface area contributed by atoms with E-state index in [1.807, 2.05) is 84.9 Å². The highest BCUT2D eigenvalue weighted by atomic mass is 35.5. The Morgan fingerprint density at radius 3 is 2.29 bits per heavy atom. The number of fused-ring (bicyclic) bond motifs is 1. The molecule has 0 spiro atoms. The number of hydrogen-bond acceptors (Lipinski definition) is 8. The molecule has 2 fully saturated rings. The van der Waals surface area contributed by atoms with Crippen molar-refractivity contribution in [1.29, 1.82) is 0 Å². The van der Waals surface area contributed by atoms with E-state index in [9.17, 15) is 15.0 Å². The second-order valence-electron chi connectivity index (χ2n) is 14.9. The van der Waals surface area contributed by atoms with Gasteiger partial charge in [-0.05, 0) is 76.6 Å². The molecule has 56 heavy (non-hydrogen) atoms. The van der Waals surface area contributed by atoms with Crippen molar-refractivity contribution < 1.29 is 24.5 Å². The van der Waals surface area contributed by atoms with Crippen LogP contribution in [0.25, 0.3) is 22.2 Å². The molecule has 2 saturated heterocycles. The first-order valence-corrected chi connectivity index (χ1v) is 19.5. The van der Waals surface area contributed by atoms with Crippen molar-refractivity contribution in [1.82, 2.24) is 20.2 Å². The van der Waals surface area contributed by atoms with Crippen molar-refractivity contribution in [2.75, 3.05) is 19.6 Å². The van der Waals surface area contributed by atoms with E-state index in [1.54, 1.807) is 0 Å². The Hall–Kier alpha value is -5.00. The average molecular weight is 769 g/mol. The van der Waals surface area contributed by atoms with Gasteiger partial charge in [0.25, 0.3) is 5.91 Å². The molecule has 6 aromatic rings. The molecule has 10 heteroatoms. The number of amides is 1. The van der Waals surface area contributed by atoms with Crippen molar-refractivity contribution >= 4 is 28.5 Å². The molecule has 0 radical (unpaired) electrons. The first-order valence-electron chi connectivity index (χ1n) is 19.2. The van der Waals surface area contributed by atoms with Gasteiger partial charge in [0.2, 0.25) is 0 Å². The van der Waals surface area contributed by atoms with E-state index >= 15 is 0 Å². The summed E-state index contributed by atoms with van der Waals surface area (Å²) in [6.07, 6.45) is 1.79. The summed E-state index contributed by atoms with van der Waals surface area (Å²) < 4.78 is 13.5. The van der Waals surface area contributed by atoms with Gasteiger partial charge in [-0.15, -0.1) is 0 Å². The predicted octanol–water partition coefficient (Wildman–Crippen LogP) is 8.15. The largest absolute Gasteiger partial charge is 0.392 e. The number of hydrogen-bond donors (Lipinski definition) is 3. The molecule has 0 unspecified atom stereocenters. The third-order valence-corrected chi connectivity index (χ3v) is 11.5. The van der Waals surface area contributed by atoms with Gasteiger partial charge in [0.05, 0.1) is 41.6 Å². The summed E-state index contributed by atoms with van der Waals surface area (Å²) in [5, 5.41) is 24.8. The molecule has 0 aliphatic carbocycles. The molecule has 4 atom stereocenters. The summed E-state index contributed by atoms with van der Waals surface area (Å²) >= 11 is 6.12. The van der Waals surface area contributed by atoms with Crippen LogP contribution >= 0.6 is 11.6 Å². The van der Waals surface area contributed by atoms with Crippen molar-refractivity contribution in [3.05, 3.63) is 166 Å². The van der Waals surface area contributed by atoms with Crippen LogP contribution in [0.4, 0.5) is 0 Å². The van der Waals surface area contributed by atoms with Gasteiger partial charge >= 0.3 is 0 Å². The number of aromatic nitrogens is 2. The Labute approximate surface area is 331 Å². The van der Waals surface area contributed by atoms with Crippen molar-refractivity contribution in [3.63, 3.8) is 0 Å². The van der Waals surface area contributed by atoms with Gasteiger partial charge in [0.15, 0.2) is 6.29 Å². The quantitative estimate of drug-likeness (QED) is 0.128. The fourth-order valence-corrected chi connectivity index (χ4v) is 7.90. The lowest BCUT2D eigenvalue weighted by atomic mass is 9.84. The van der Waals surface area contributed by atoms with Gasteiger partial charge in [-0.2, -0.15) is 0 Å². The number of likely N-dealkylation sites (tertiary alicyclic amines) is 1. The summed E-state index contributed by atoms with van der Waals surface area (Å²) in [4.78, 5) is 24.1. The predicted molar refractivity (Wildman–Crippen MR) is 217 cm³/mol. The number of aliphatic hydroxyl groups is 2. The number of halogens is 1. The summed E-state index contributed by atoms with van der Waals surface area (Å²) in [6, 6.07) is 39.3. The first-order chi connectivity index (χ1) is 27.2. The van der Waals surface area contributed by atoms with Crippen LogP contribution in [0.5, 0.6) is 0 Å². The van der Waals surface area contributed by atoms with Crippen LogP contribution < -0.4 is 5.32 Å². The standard InChI is InChI=1S/C46H45ClN4O5/c1-30-42(28-51-23-21-46(54,22-24-51)37-17-19-38(47)20-18-37)55-45(56-43(30)34-11-9-31(29-52)10-12-34)35-15-13-33(14-16-35)36-6-4-5-32(25-36)26-49-44(53)41-27-48-39-7-2-3-8-40(39)50-41/h2-20,25,27,30,42-43,45,52,54H,21-24,26,28-29H2,1H3,(H,49,53)/t30-,42+,43+,45+/m1/s1. The third kappa shape index (κ3) is 8.39. The zero-order chi connectivity index (χ0) is 38.6. The van der Waals surface area contributed by atoms with Crippen LogP contribution in [0.3, 0.4) is 0 Å². The maximum absolute atomic E-state index is 12.9. The van der Waals surface area contributed by atoms with Crippen LogP contribution in [-0.2, 0) is 28.2 Å². The smallest absolute Gasteiger partial charge is 0.271 e. The summed E-state index contributed by atoms with van der Waals surface area (Å²) in [7, 11) is 0. The van der Waals surface area contributed by atoms with E-state index in [-0.39, 0.29) is 36.3 Å². The summed E-state index contributed by atoms with van der Waals surface area (Å²) in [5.41, 5.74) is 7.54. The van der Waals surface area contributed by atoms with Gasteiger partial charge in [-0.25, -0.2) is 4.98 Å². The van der Waals surface area contributed by atoms with Crippen LogP contribution in [-0.4, -0.2) is 56.7 Å². The number of rotatable bonds is 10. The lowest BCUT2D eigenvalue weighted by molar-refractivity contribution is -0.277. The Kier molecular flexibility index (Phi) is 11.2. The number of nitrogens with one attached hydrogen (secondary N) is 1. The van der Waals surface area contributed by atoms with E-state index in [2.05, 4.69) is 63.5 Å². The van der Waals surface area contributed by atoms with Crippen LogP contribution in [0, 0.1) is 5.92 Å². The number of carbonyl (C=O) groups excluding carboxylic acids is 1. The fraction of sp³-hybridized carbons (Fsp3) is 0.283. The first kappa shape index (κ1) is 37.9. The highest BCUT2D eigenvalue weighted by molar-refractivity contribution is 6.30. The maximum atomic E-state index is 12.9. The molecule has 8 rings (SSSR count). The molecule has 3 heterocycles. The van der Waals surface area contributed by atoms with Gasteiger partial charge in [0, 0.05) is 42.7 Å². The molecule has 0 saturated carbocycles. The molecule has 2 aliphatic heterocycles. The number of piperidine rings is 1. The molecule has 9 nitrogen and oxygen atoms in total. The number of para-hydroxylation sites is 2. The monoisotopic (exact) mass is 768 g/mol. The van der Waals surface area contributed by atoms with E-state index in [0.717, 1.165) is 57.6 Å². The topological polar surface area (TPSA) is 117 Å². The van der Waals surface area contributed by atoms with Gasteiger partial charge in [-0.1, -0.05) is 110 Å². The molecular formula is C46H45ClN4O5. The minimum absolute atomic E-state index is 0.0164. The molecular weight excluding hydrogens is 724 g/mol. The molecule has 3 N–H and O–H groups in total. The second-order valence-corrected chi connectivity index (χ2v) is 15.3. The fourth-order valence-electron chi connectivity index (χ4n) is 7.77. The summed E-state index contributed by atoms with van der Waals surface area (Å²) in [5.74, 6) is -0.237. The maximum Gasteiger partial charge on any atom is 0.271 e. The molecule has 1 amide bonds. The van der Waals surface area contributed by atoms with E-state index in [4.69, 9.17) is 21.1 Å². The zero-order valence-corrected chi connectivity index (χ0v) is 32.0. The molecule has 286 valence electrons. The number of ether oxygens (including phenoxy) is 2. The minimum Gasteiger partial charge on any atom is -0.392 e. The van der Waals surface area contributed by atoms with Crippen LogP contribution in [0.2, 0.25) is 5.02 Å². The van der Waals surface area contributed by atoms with Crippen molar-refractivity contribution in [3.8, 4) is 11.1 Å². The lowest BCUT2D eigenvalue weighted by Gasteiger charge is -2.45. The number of carbonyl (C=O) groups is 1. The highest BCUT2D eigenvalue weighted by Crippen LogP contribution is 2.43. The van der Waals surface area contributed by atoms with E-state index in [1.165, 1.54) is 6.20 Å². The second kappa shape index (κ2) is 16.6. The van der Waals surface area contributed by atoms with Crippen LogP contribution in [0.1, 0.15) is 70.5 Å². The van der Waals surface area contributed by atoms with Gasteiger partial charge < -0.3 is 29.9 Å². The SMILES string of the molecule is C[C@@H]1[C@H](CN2CCC(O)(c3ccc(Cl)cc3)CC2)O[C@H](c2ccc(-c3cccc(CNC(=O)c4cnc5ccccc5n4)c3)cc2)O[C@@H]1c1ccc(CO)cc1. The highest BCUT2D eigenvalue weighted by Gasteiger charge is 2.41. The van der Waals surface area contributed by atoms with Crippen LogP contribution in [0.15, 0.2) is 128 Å². The Morgan fingerprint density at radius 1 is 0.839 bits per heavy atom. The Balaban J connectivity index is 0.956. The van der Waals surface area contributed by atoms with Gasteiger partial charge in [-0.3, -0.25) is 9.78 Å². The third-order valence-electron chi connectivity index (χ3n) is 11.2. The van der Waals surface area contributed by atoms with Gasteiger partial charge in [0.1, 0.15) is 5.69 Å². The molecule has 1 aromatic heterocycles. The Bertz CT molecular complexity index is 2280. The minimum atomic E-state index is -0.884. The number of benzene rings is 5. The summed E-state index contributed by atoms with van der Waals surface area (Å²) in [6.45, 7) is 4.69. The van der Waals surface area contributed by atoms with Crippen molar-refractivity contribution in [2.24, 2.45) is 5.92 Å². The Morgan fingerprint density at radius 2 is 1.55 bits per heavy atom. The van der Waals surface area contributed by atoms with E-state index < -0.39 is 11.9 Å². The molecule has 0 bridgehead atoms. The normalized spacial score (nSPS) is 21.1. The number of aliphatic hydroxyl groups excluding tert-OH is 1. The molecule has 5 aromatic carbocycles. The van der Waals surface area contributed by atoms with E-state index in [0.29, 0.717) is 36.5 Å². The van der Waals surface area contributed by atoms with Crippen molar-refractivity contribution in [2.45, 2.75) is 57.0 Å². The number of nitrogens with zero attached hydrogens (tertiary/aromatic N) is 3. The lowest BCUT2D eigenvalue weighted by Crippen LogP contribution is -2.49. The average Bonchev–Trinajstić information content (AvgIpc) is 3.24. The zero-order valence-electron chi connectivity index (χ0n) is 31.2.